The second-order valence-electron chi connectivity index (χ2n) is 4.50. The lowest BCUT2D eigenvalue weighted by molar-refractivity contribution is 0.0921. The molecule has 3 nitrogen and oxygen atoms in total. The Morgan fingerprint density at radius 2 is 1.71 bits per heavy atom. The molecule has 110 valence electrons. The van der Waals surface area contributed by atoms with E-state index < -0.39 is 0 Å². The molecule has 0 radical (unpaired) electrons. The fourth-order valence-corrected chi connectivity index (χ4v) is 2.34. The van der Waals surface area contributed by atoms with Gasteiger partial charge in [-0.3, -0.25) is 4.79 Å². The summed E-state index contributed by atoms with van der Waals surface area (Å²) in [6.07, 6.45) is 0. The minimum absolute atomic E-state index is 0.106. The summed E-state index contributed by atoms with van der Waals surface area (Å²) in [7, 11) is 1.52. The number of halogens is 2. The van der Waals surface area contributed by atoms with Crippen molar-refractivity contribution >= 4 is 29.0 Å². The second kappa shape index (κ2) is 6.83. The molecule has 2 rings (SSSR count). The molecule has 0 aliphatic rings. The molecule has 0 aliphatic carbocycles. The molecule has 0 saturated heterocycles. The Morgan fingerprint density at radius 3 is 2.33 bits per heavy atom. The van der Waals surface area contributed by atoms with Crippen molar-refractivity contribution in [2.45, 2.75) is 6.92 Å². The lowest BCUT2D eigenvalue weighted by atomic mass is 10.1. The van der Waals surface area contributed by atoms with Gasteiger partial charge in [-0.25, -0.2) is 0 Å². The second-order valence-corrected chi connectivity index (χ2v) is 5.31. The summed E-state index contributed by atoms with van der Waals surface area (Å²) in [5, 5.41) is 0.868. The molecule has 0 aliphatic heterocycles. The third-order valence-electron chi connectivity index (χ3n) is 2.92. The minimum atomic E-state index is -0.184. The van der Waals surface area contributed by atoms with E-state index in [1.165, 1.54) is 7.11 Å². The maximum atomic E-state index is 12.1. The molecule has 0 amide bonds. The van der Waals surface area contributed by atoms with E-state index in [0.29, 0.717) is 27.1 Å². The lowest BCUT2D eigenvalue weighted by Gasteiger charge is -2.09. The molecule has 0 N–H and O–H groups in total. The molecule has 0 saturated carbocycles. The standard InChI is InChI=1S/C16H14Cl2O3/c1-10-3-5-16(12(17)7-10)21-9-14(19)11-4-6-15(20-2)13(18)8-11/h3-8H,9H2,1-2H3. The van der Waals surface area contributed by atoms with Crippen LogP contribution in [0.15, 0.2) is 36.4 Å². The lowest BCUT2D eigenvalue weighted by Crippen LogP contribution is -2.11. The maximum absolute atomic E-state index is 12.1. The monoisotopic (exact) mass is 324 g/mol. The Morgan fingerprint density at radius 1 is 1.05 bits per heavy atom. The summed E-state index contributed by atoms with van der Waals surface area (Å²) in [5.74, 6) is 0.821. The zero-order valence-corrected chi connectivity index (χ0v) is 13.2. The van der Waals surface area contributed by atoms with Gasteiger partial charge in [-0.15, -0.1) is 0 Å². The van der Waals surface area contributed by atoms with Crippen LogP contribution in [0.1, 0.15) is 15.9 Å². The van der Waals surface area contributed by atoms with Gasteiger partial charge in [-0.1, -0.05) is 29.3 Å². The zero-order chi connectivity index (χ0) is 15.4. The van der Waals surface area contributed by atoms with Crippen LogP contribution in [0.5, 0.6) is 11.5 Å². The molecule has 5 heteroatoms. The first-order valence-electron chi connectivity index (χ1n) is 6.27. The van der Waals surface area contributed by atoms with Gasteiger partial charge in [-0.05, 0) is 42.8 Å². The van der Waals surface area contributed by atoms with Crippen molar-refractivity contribution in [3.05, 3.63) is 57.6 Å². The van der Waals surface area contributed by atoms with Crippen LogP contribution in [0.4, 0.5) is 0 Å². The van der Waals surface area contributed by atoms with Crippen molar-refractivity contribution < 1.29 is 14.3 Å². The first kappa shape index (κ1) is 15.7. The van der Waals surface area contributed by atoms with Crippen molar-refractivity contribution in [3.63, 3.8) is 0 Å². The van der Waals surface area contributed by atoms with Gasteiger partial charge >= 0.3 is 0 Å². The number of hydrogen-bond acceptors (Lipinski definition) is 3. The largest absolute Gasteiger partial charge is 0.495 e. The quantitative estimate of drug-likeness (QED) is 0.755. The molecule has 0 spiro atoms. The SMILES string of the molecule is COc1ccc(C(=O)COc2ccc(C)cc2Cl)cc1Cl. The van der Waals surface area contributed by atoms with E-state index in [-0.39, 0.29) is 12.4 Å². The smallest absolute Gasteiger partial charge is 0.200 e. The molecule has 0 aromatic heterocycles. The topological polar surface area (TPSA) is 35.5 Å². The third-order valence-corrected chi connectivity index (χ3v) is 3.51. The number of rotatable bonds is 5. The van der Waals surface area contributed by atoms with Gasteiger partial charge in [0.15, 0.2) is 12.4 Å². The molecule has 21 heavy (non-hydrogen) atoms. The number of Topliss-reactive ketones (excluding diaryl/α,β-unsaturated/α-hetero) is 1. The Labute approximate surface area is 133 Å². The third kappa shape index (κ3) is 3.90. The van der Waals surface area contributed by atoms with Gasteiger partial charge in [-0.2, -0.15) is 0 Å². The predicted molar refractivity (Wildman–Crippen MR) is 84.0 cm³/mol. The molecular weight excluding hydrogens is 311 g/mol. The molecule has 2 aromatic rings. The highest BCUT2D eigenvalue weighted by Gasteiger charge is 2.11. The van der Waals surface area contributed by atoms with E-state index >= 15 is 0 Å². The van der Waals surface area contributed by atoms with Gasteiger partial charge in [0.1, 0.15) is 11.5 Å². The van der Waals surface area contributed by atoms with Crippen molar-refractivity contribution in [2.24, 2.45) is 0 Å². The van der Waals surface area contributed by atoms with Gasteiger partial charge < -0.3 is 9.47 Å². The zero-order valence-electron chi connectivity index (χ0n) is 11.7. The van der Waals surface area contributed by atoms with Crippen LogP contribution < -0.4 is 9.47 Å². The normalized spacial score (nSPS) is 10.3. The fraction of sp³-hybridized carbons (Fsp3) is 0.188. The van der Waals surface area contributed by atoms with Crippen LogP contribution in [-0.2, 0) is 0 Å². The van der Waals surface area contributed by atoms with Crippen molar-refractivity contribution in [2.75, 3.05) is 13.7 Å². The van der Waals surface area contributed by atoms with Gasteiger partial charge in [0, 0.05) is 5.56 Å². The van der Waals surface area contributed by atoms with Crippen LogP contribution in [0.25, 0.3) is 0 Å². The number of benzene rings is 2. The van der Waals surface area contributed by atoms with Gasteiger partial charge in [0.25, 0.3) is 0 Å². The highest BCUT2D eigenvalue weighted by molar-refractivity contribution is 6.32. The number of aryl methyl sites for hydroxylation is 1. The first-order chi connectivity index (χ1) is 10.0. The molecule has 0 unspecified atom stereocenters. The Kier molecular flexibility index (Phi) is 5.10. The highest BCUT2D eigenvalue weighted by atomic mass is 35.5. The van der Waals surface area contributed by atoms with Crippen LogP contribution in [0, 0.1) is 6.92 Å². The minimum Gasteiger partial charge on any atom is -0.495 e. The van der Waals surface area contributed by atoms with Crippen LogP contribution in [0.2, 0.25) is 10.0 Å². The molecule has 0 heterocycles. The Bertz CT molecular complexity index is 669. The number of carbonyl (C=O) groups excluding carboxylic acids is 1. The van der Waals surface area contributed by atoms with Gasteiger partial charge in [0.05, 0.1) is 17.2 Å². The highest BCUT2D eigenvalue weighted by Crippen LogP contribution is 2.27. The van der Waals surface area contributed by atoms with Crippen LogP contribution in [-0.4, -0.2) is 19.5 Å². The number of ketones is 1. The van der Waals surface area contributed by atoms with E-state index in [1.807, 2.05) is 13.0 Å². The van der Waals surface area contributed by atoms with E-state index in [2.05, 4.69) is 0 Å². The molecule has 0 atom stereocenters. The first-order valence-corrected chi connectivity index (χ1v) is 7.02. The van der Waals surface area contributed by atoms with E-state index in [9.17, 15) is 4.79 Å². The fourth-order valence-electron chi connectivity index (χ4n) is 1.79. The number of hydrogen-bond donors (Lipinski definition) is 0. The summed E-state index contributed by atoms with van der Waals surface area (Å²) in [6.45, 7) is 1.83. The summed E-state index contributed by atoms with van der Waals surface area (Å²) < 4.78 is 10.5. The van der Waals surface area contributed by atoms with Gasteiger partial charge in [0.2, 0.25) is 0 Å². The van der Waals surface area contributed by atoms with E-state index in [1.54, 1.807) is 30.3 Å². The summed E-state index contributed by atoms with van der Waals surface area (Å²) >= 11 is 12.0. The average Bonchev–Trinajstić information content (AvgIpc) is 2.46. The maximum Gasteiger partial charge on any atom is 0.200 e. The average molecular weight is 325 g/mol. The summed E-state index contributed by atoms with van der Waals surface area (Å²) in [6, 6.07) is 10.2. The Hall–Kier alpha value is -1.71. The van der Waals surface area contributed by atoms with Crippen molar-refractivity contribution in [1.82, 2.24) is 0 Å². The molecule has 0 bridgehead atoms. The molecular formula is C16H14Cl2O3. The van der Waals surface area contributed by atoms with Crippen molar-refractivity contribution in [1.29, 1.82) is 0 Å². The van der Waals surface area contributed by atoms with E-state index in [0.717, 1.165) is 5.56 Å². The van der Waals surface area contributed by atoms with Crippen LogP contribution >= 0.6 is 23.2 Å². The number of ether oxygens (including phenoxy) is 2. The number of methoxy groups -OCH3 is 1. The molecule has 0 fully saturated rings. The van der Waals surface area contributed by atoms with Crippen molar-refractivity contribution in [3.8, 4) is 11.5 Å². The molecule has 2 aromatic carbocycles. The predicted octanol–water partition coefficient (Wildman–Crippen LogP) is 4.57. The van der Waals surface area contributed by atoms with E-state index in [4.69, 9.17) is 32.7 Å². The Balaban J connectivity index is 2.06. The number of carbonyl (C=O) groups is 1. The van der Waals surface area contributed by atoms with Crippen LogP contribution in [0.3, 0.4) is 0 Å². The summed E-state index contributed by atoms with van der Waals surface area (Å²) in [5.41, 5.74) is 1.49. The summed E-state index contributed by atoms with van der Waals surface area (Å²) in [4.78, 5) is 12.1.